The molecule has 2 saturated heterocycles. The maximum absolute atomic E-state index is 14.7. The highest BCUT2D eigenvalue weighted by Gasteiger charge is 2.47. The number of likely N-dealkylation sites (tertiary alicyclic amines) is 1. The number of nitrogens with two attached hydrogens (primary N) is 1. The summed E-state index contributed by atoms with van der Waals surface area (Å²) in [6.45, 7) is 0.605. The number of halogens is 2. The second-order valence-electron chi connectivity index (χ2n) is 8.02. The summed E-state index contributed by atoms with van der Waals surface area (Å²) in [4.78, 5) is 23.9. The summed E-state index contributed by atoms with van der Waals surface area (Å²) in [6.07, 6.45) is 5.51. The van der Waals surface area contributed by atoms with E-state index in [1.54, 1.807) is 23.4 Å². The van der Waals surface area contributed by atoms with Crippen molar-refractivity contribution in [1.82, 2.24) is 14.9 Å². The molecule has 1 amide bonds. The van der Waals surface area contributed by atoms with Gasteiger partial charge in [0.2, 0.25) is 11.9 Å². The predicted octanol–water partition coefficient (Wildman–Crippen LogP) is 1.44. The highest BCUT2D eigenvalue weighted by molar-refractivity contribution is 5.81. The Bertz CT molecular complexity index is 688. The number of piperidine rings is 2. The van der Waals surface area contributed by atoms with Crippen LogP contribution in [0.2, 0.25) is 0 Å². The van der Waals surface area contributed by atoms with Crippen LogP contribution in [0.5, 0.6) is 0 Å². The van der Waals surface area contributed by atoms with Gasteiger partial charge in [0, 0.05) is 37.4 Å². The fourth-order valence-electron chi connectivity index (χ4n) is 4.10. The van der Waals surface area contributed by atoms with Crippen LogP contribution in [-0.2, 0) is 9.53 Å². The molecule has 1 unspecified atom stereocenters. The quantitative estimate of drug-likeness (QED) is 0.812. The van der Waals surface area contributed by atoms with Crippen molar-refractivity contribution in [2.75, 3.05) is 31.1 Å². The van der Waals surface area contributed by atoms with Gasteiger partial charge in [0.1, 0.15) is 6.10 Å². The van der Waals surface area contributed by atoms with Crippen molar-refractivity contribution in [2.45, 2.75) is 56.2 Å². The molecule has 28 heavy (non-hydrogen) atoms. The Kier molecular flexibility index (Phi) is 5.46. The van der Waals surface area contributed by atoms with Crippen LogP contribution >= 0.6 is 0 Å². The van der Waals surface area contributed by atoms with Crippen LogP contribution in [0.4, 0.5) is 14.7 Å². The molecule has 1 aliphatic carbocycles. The van der Waals surface area contributed by atoms with Gasteiger partial charge in [-0.1, -0.05) is 0 Å². The van der Waals surface area contributed by atoms with Crippen molar-refractivity contribution in [3.8, 4) is 0 Å². The van der Waals surface area contributed by atoms with Crippen LogP contribution in [0, 0.1) is 5.92 Å². The lowest BCUT2D eigenvalue weighted by Gasteiger charge is -2.42. The van der Waals surface area contributed by atoms with Crippen molar-refractivity contribution >= 4 is 11.9 Å². The van der Waals surface area contributed by atoms with Crippen LogP contribution in [0.15, 0.2) is 18.5 Å². The summed E-state index contributed by atoms with van der Waals surface area (Å²) in [6, 6.07) is 1.09. The second kappa shape index (κ2) is 7.87. The van der Waals surface area contributed by atoms with Gasteiger partial charge in [-0.2, -0.15) is 0 Å². The van der Waals surface area contributed by atoms with E-state index in [9.17, 15) is 13.6 Å². The zero-order valence-corrected chi connectivity index (χ0v) is 15.8. The number of hydrogen-bond acceptors (Lipinski definition) is 6. The molecule has 1 aromatic heterocycles. The van der Waals surface area contributed by atoms with Crippen molar-refractivity contribution in [2.24, 2.45) is 11.7 Å². The molecule has 3 atom stereocenters. The minimum absolute atomic E-state index is 0.0573. The lowest BCUT2D eigenvalue weighted by atomic mass is 9.96. The Balaban J connectivity index is 1.37. The summed E-state index contributed by atoms with van der Waals surface area (Å²) < 4.78 is 35.1. The molecule has 154 valence electrons. The number of alkyl halides is 2. The van der Waals surface area contributed by atoms with Crippen LogP contribution in [0.3, 0.4) is 0 Å². The minimum atomic E-state index is -3.03. The molecule has 3 heterocycles. The topological polar surface area (TPSA) is 84.6 Å². The van der Waals surface area contributed by atoms with E-state index in [4.69, 9.17) is 10.5 Å². The van der Waals surface area contributed by atoms with Crippen molar-refractivity contribution in [1.29, 1.82) is 0 Å². The molecule has 3 aliphatic rings. The Morgan fingerprint density at radius 2 is 1.96 bits per heavy atom. The third kappa shape index (κ3) is 4.10. The summed E-state index contributed by atoms with van der Waals surface area (Å²) in [7, 11) is 0. The van der Waals surface area contributed by atoms with Crippen LogP contribution in [0.1, 0.15) is 32.1 Å². The van der Waals surface area contributed by atoms with E-state index in [0.717, 1.165) is 25.7 Å². The Hall–Kier alpha value is -1.87. The monoisotopic (exact) mass is 395 g/mol. The average Bonchev–Trinajstić information content (AvgIpc) is 3.52. The van der Waals surface area contributed by atoms with E-state index < -0.39 is 18.6 Å². The fraction of sp³-hybridized carbons (Fsp3) is 0.737. The Morgan fingerprint density at radius 1 is 1.21 bits per heavy atom. The molecule has 1 aromatic rings. The molecule has 7 nitrogen and oxygen atoms in total. The molecule has 0 radical (unpaired) electrons. The van der Waals surface area contributed by atoms with E-state index in [1.807, 2.05) is 0 Å². The highest BCUT2D eigenvalue weighted by Crippen LogP contribution is 2.34. The third-order valence-corrected chi connectivity index (χ3v) is 5.88. The van der Waals surface area contributed by atoms with E-state index in [1.165, 1.54) is 4.90 Å². The molecular formula is C19H27F2N5O2. The van der Waals surface area contributed by atoms with E-state index >= 15 is 0 Å². The molecular weight excluding hydrogens is 368 g/mol. The van der Waals surface area contributed by atoms with Crippen LogP contribution < -0.4 is 10.6 Å². The van der Waals surface area contributed by atoms with Gasteiger partial charge >= 0.3 is 0 Å². The number of amides is 1. The van der Waals surface area contributed by atoms with Gasteiger partial charge in [0.05, 0.1) is 19.2 Å². The molecule has 9 heteroatoms. The number of rotatable bonds is 5. The standard InChI is InChI=1S/C19H27F2N5O2/c20-19(21)12-25(18-23-7-2-8-24-18)10-6-16(19)28-11-15-14(22)3-1-9-26(15)17(27)13-4-5-13/h2,7-8,13-16H,1,3-6,9-12,22H2/t14-,15-,16?/m0/s1. The smallest absolute Gasteiger partial charge is 0.290 e. The van der Waals surface area contributed by atoms with E-state index in [-0.39, 0.29) is 36.9 Å². The summed E-state index contributed by atoms with van der Waals surface area (Å²) in [5.74, 6) is -2.53. The lowest BCUT2D eigenvalue weighted by molar-refractivity contribution is -0.158. The normalized spacial score (nSPS) is 30.3. The zero-order valence-electron chi connectivity index (χ0n) is 15.8. The number of carbonyl (C=O) groups excluding carboxylic acids is 1. The number of carbonyl (C=O) groups is 1. The maximum Gasteiger partial charge on any atom is 0.290 e. The number of nitrogens with zero attached hydrogens (tertiary/aromatic N) is 4. The van der Waals surface area contributed by atoms with Gasteiger partial charge in [-0.15, -0.1) is 0 Å². The summed E-state index contributed by atoms with van der Waals surface area (Å²) in [5, 5.41) is 0. The number of anilines is 1. The van der Waals surface area contributed by atoms with Gasteiger partial charge < -0.3 is 20.3 Å². The second-order valence-corrected chi connectivity index (χ2v) is 8.02. The minimum Gasteiger partial charge on any atom is -0.370 e. The first-order chi connectivity index (χ1) is 13.5. The highest BCUT2D eigenvalue weighted by atomic mass is 19.3. The SMILES string of the molecule is N[C@H]1CCCN(C(=O)C2CC2)[C@H]1COC1CCN(c2ncccn2)CC1(F)F. The van der Waals surface area contributed by atoms with Gasteiger partial charge in [0.25, 0.3) is 5.92 Å². The van der Waals surface area contributed by atoms with Crippen molar-refractivity contribution in [3.63, 3.8) is 0 Å². The molecule has 4 rings (SSSR count). The largest absolute Gasteiger partial charge is 0.370 e. The maximum atomic E-state index is 14.7. The zero-order chi connectivity index (χ0) is 19.7. The van der Waals surface area contributed by atoms with Crippen LogP contribution in [-0.4, -0.2) is 71.1 Å². The van der Waals surface area contributed by atoms with Crippen LogP contribution in [0.25, 0.3) is 0 Å². The van der Waals surface area contributed by atoms with Crippen molar-refractivity contribution < 1.29 is 18.3 Å². The molecule has 0 spiro atoms. The predicted molar refractivity (Wildman–Crippen MR) is 99.0 cm³/mol. The lowest BCUT2D eigenvalue weighted by Crippen LogP contribution is -2.59. The van der Waals surface area contributed by atoms with E-state index in [2.05, 4.69) is 9.97 Å². The van der Waals surface area contributed by atoms with Gasteiger partial charge in [-0.3, -0.25) is 4.79 Å². The Labute approximate surface area is 163 Å². The molecule has 0 aromatic carbocycles. The average molecular weight is 395 g/mol. The first-order valence-electron chi connectivity index (χ1n) is 10.0. The summed E-state index contributed by atoms with van der Waals surface area (Å²) in [5.41, 5.74) is 6.22. The first-order valence-corrected chi connectivity index (χ1v) is 10.0. The molecule has 3 fully saturated rings. The molecule has 0 bridgehead atoms. The molecule has 2 N–H and O–H groups in total. The summed E-state index contributed by atoms with van der Waals surface area (Å²) >= 11 is 0. The number of aromatic nitrogens is 2. The van der Waals surface area contributed by atoms with Gasteiger partial charge in [-0.05, 0) is 38.2 Å². The fourth-order valence-corrected chi connectivity index (χ4v) is 4.10. The number of ether oxygens (including phenoxy) is 1. The third-order valence-electron chi connectivity index (χ3n) is 5.88. The number of hydrogen-bond donors (Lipinski definition) is 1. The first kappa shape index (κ1) is 19.4. The Morgan fingerprint density at radius 3 is 2.64 bits per heavy atom. The molecule has 1 saturated carbocycles. The van der Waals surface area contributed by atoms with Gasteiger partial charge in [-0.25, -0.2) is 18.7 Å². The molecule has 2 aliphatic heterocycles. The van der Waals surface area contributed by atoms with E-state index in [0.29, 0.717) is 19.0 Å². The van der Waals surface area contributed by atoms with Crippen molar-refractivity contribution in [3.05, 3.63) is 18.5 Å². The van der Waals surface area contributed by atoms with Gasteiger partial charge in [0.15, 0.2) is 0 Å².